The summed E-state index contributed by atoms with van der Waals surface area (Å²) < 4.78 is 40.8. The van der Waals surface area contributed by atoms with Gasteiger partial charge in [-0.3, -0.25) is 4.79 Å². The fourth-order valence-corrected chi connectivity index (χ4v) is 2.38. The van der Waals surface area contributed by atoms with E-state index in [0.717, 1.165) is 24.6 Å². The second-order valence-electron chi connectivity index (χ2n) is 3.68. The van der Waals surface area contributed by atoms with Crippen molar-refractivity contribution in [2.45, 2.75) is 51.0 Å². The molecular formula is C11H19F3O2S. The number of rotatable bonds is 8. The van der Waals surface area contributed by atoms with E-state index in [1.54, 1.807) is 0 Å². The van der Waals surface area contributed by atoms with Gasteiger partial charge in [-0.05, 0) is 12.8 Å². The van der Waals surface area contributed by atoms with Gasteiger partial charge in [0.05, 0.1) is 13.0 Å². The van der Waals surface area contributed by atoms with Gasteiger partial charge in [-0.25, -0.2) is 0 Å². The highest BCUT2D eigenvalue weighted by atomic mass is 32.2. The average molecular weight is 272 g/mol. The van der Waals surface area contributed by atoms with Crippen molar-refractivity contribution < 1.29 is 22.7 Å². The normalized spacial score (nSPS) is 13.5. The number of esters is 1. The first-order valence-corrected chi connectivity index (χ1v) is 6.80. The van der Waals surface area contributed by atoms with Crippen molar-refractivity contribution in [1.29, 1.82) is 0 Å². The van der Waals surface area contributed by atoms with Crippen LogP contribution in [0.15, 0.2) is 0 Å². The van der Waals surface area contributed by atoms with Crippen molar-refractivity contribution in [3.05, 3.63) is 0 Å². The molecule has 0 radical (unpaired) electrons. The number of carbonyl (C=O) groups excluding carboxylic acids is 1. The Morgan fingerprint density at radius 2 is 1.94 bits per heavy atom. The van der Waals surface area contributed by atoms with E-state index in [1.165, 1.54) is 0 Å². The molecule has 2 nitrogen and oxygen atoms in total. The highest BCUT2D eigenvalue weighted by molar-refractivity contribution is 8.00. The number of ether oxygens (including phenoxy) is 1. The van der Waals surface area contributed by atoms with E-state index in [0.29, 0.717) is 13.0 Å². The first kappa shape index (κ1) is 16.6. The fourth-order valence-electron chi connectivity index (χ4n) is 1.14. The summed E-state index contributed by atoms with van der Waals surface area (Å²) in [5.41, 5.74) is 0. The number of carbonyl (C=O) groups is 1. The Bertz CT molecular complexity index is 219. The fraction of sp³-hybridized carbons (Fsp3) is 0.909. The highest BCUT2D eigenvalue weighted by Crippen LogP contribution is 2.26. The quantitative estimate of drug-likeness (QED) is 0.629. The molecule has 0 spiro atoms. The summed E-state index contributed by atoms with van der Waals surface area (Å²) in [7, 11) is 0. The van der Waals surface area contributed by atoms with Crippen LogP contribution in [0.5, 0.6) is 0 Å². The van der Waals surface area contributed by atoms with E-state index < -0.39 is 17.8 Å². The van der Waals surface area contributed by atoms with Crippen molar-refractivity contribution in [2.75, 3.05) is 12.4 Å². The summed E-state index contributed by atoms with van der Waals surface area (Å²) in [4.78, 5) is 11.5. The maximum absolute atomic E-state index is 12.0. The smallest absolute Gasteiger partial charge is 0.389 e. The lowest BCUT2D eigenvalue weighted by Gasteiger charge is -2.15. The predicted octanol–water partition coefficient (Wildman–Crippen LogP) is 3.79. The Morgan fingerprint density at radius 1 is 1.29 bits per heavy atom. The molecule has 0 aliphatic rings. The number of thioether (sulfide) groups is 1. The van der Waals surface area contributed by atoms with Gasteiger partial charge in [-0.2, -0.15) is 13.2 Å². The van der Waals surface area contributed by atoms with E-state index in [-0.39, 0.29) is 11.7 Å². The second-order valence-corrected chi connectivity index (χ2v) is 4.99. The lowest BCUT2D eigenvalue weighted by Crippen LogP contribution is -2.22. The van der Waals surface area contributed by atoms with Crippen LogP contribution in [0, 0.1) is 0 Å². The molecule has 0 fully saturated rings. The lowest BCUT2D eigenvalue weighted by atomic mass is 10.2. The van der Waals surface area contributed by atoms with Gasteiger partial charge in [0.25, 0.3) is 0 Å². The molecule has 0 aliphatic heterocycles. The van der Waals surface area contributed by atoms with Gasteiger partial charge in [-0.1, -0.05) is 20.3 Å². The van der Waals surface area contributed by atoms with Gasteiger partial charge >= 0.3 is 12.1 Å². The first-order chi connectivity index (χ1) is 7.90. The molecule has 0 saturated carbocycles. The molecule has 0 aromatic rings. The van der Waals surface area contributed by atoms with Gasteiger partial charge in [-0.15, -0.1) is 11.8 Å². The zero-order valence-electron chi connectivity index (χ0n) is 10.2. The van der Waals surface area contributed by atoms with E-state index >= 15 is 0 Å². The minimum atomic E-state index is -4.16. The molecule has 0 aromatic heterocycles. The van der Waals surface area contributed by atoms with E-state index in [4.69, 9.17) is 4.74 Å². The van der Waals surface area contributed by atoms with Crippen LogP contribution in [0.25, 0.3) is 0 Å². The van der Waals surface area contributed by atoms with Crippen LogP contribution < -0.4 is 0 Å². The third-order valence-electron chi connectivity index (χ3n) is 1.97. The monoisotopic (exact) mass is 272 g/mol. The van der Waals surface area contributed by atoms with E-state index in [2.05, 4.69) is 0 Å². The Labute approximate surface area is 104 Å². The summed E-state index contributed by atoms with van der Waals surface area (Å²) >= 11 is 1.04. The summed E-state index contributed by atoms with van der Waals surface area (Å²) in [6.45, 7) is 4.10. The molecule has 0 rings (SSSR count). The predicted molar refractivity (Wildman–Crippen MR) is 63.1 cm³/mol. The van der Waals surface area contributed by atoms with E-state index in [9.17, 15) is 18.0 Å². The number of halogens is 3. The Morgan fingerprint density at radius 3 is 2.41 bits per heavy atom. The maximum Gasteiger partial charge on any atom is 0.389 e. The van der Waals surface area contributed by atoms with Crippen LogP contribution in [0.1, 0.15) is 39.5 Å². The number of alkyl halides is 3. The third kappa shape index (κ3) is 9.32. The highest BCUT2D eigenvalue weighted by Gasteiger charge is 2.28. The number of hydrogen-bond donors (Lipinski definition) is 0. The molecule has 0 saturated heterocycles. The Hall–Kier alpha value is -0.390. The van der Waals surface area contributed by atoms with Crippen molar-refractivity contribution in [2.24, 2.45) is 0 Å². The minimum Gasteiger partial charge on any atom is -0.465 e. The molecule has 0 amide bonds. The topological polar surface area (TPSA) is 26.3 Å². The Kier molecular flexibility index (Phi) is 8.47. The maximum atomic E-state index is 12.0. The first-order valence-electron chi connectivity index (χ1n) is 5.75. The molecule has 0 aliphatic carbocycles. The Balaban J connectivity index is 4.01. The molecule has 1 atom stereocenters. The molecule has 102 valence electrons. The molecule has 0 bridgehead atoms. The molecular weight excluding hydrogens is 253 g/mol. The van der Waals surface area contributed by atoms with Gasteiger partial charge in [0, 0.05) is 5.75 Å². The summed E-state index contributed by atoms with van der Waals surface area (Å²) in [6.07, 6.45) is -2.98. The SMILES string of the molecule is CCCOC(=O)C(CCC)SCCC(F)(F)F. The molecule has 1 unspecified atom stereocenters. The lowest BCUT2D eigenvalue weighted by molar-refractivity contribution is -0.143. The van der Waals surface area contributed by atoms with Crippen LogP contribution in [-0.4, -0.2) is 29.8 Å². The largest absolute Gasteiger partial charge is 0.465 e. The standard InChI is InChI=1S/C11H19F3O2S/c1-3-5-9(10(15)16-7-4-2)17-8-6-11(12,13)14/h9H,3-8H2,1-2H3. The van der Waals surface area contributed by atoms with Gasteiger partial charge in [0.1, 0.15) is 5.25 Å². The molecule has 0 N–H and O–H groups in total. The van der Waals surface area contributed by atoms with Crippen LogP contribution in [0.2, 0.25) is 0 Å². The minimum absolute atomic E-state index is 0.0879. The van der Waals surface area contributed by atoms with E-state index in [1.807, 2.05) is 13.8 Å². The van der Waals surface area contributed by atoms with Crippen LogP contribution in [-0.2, 0) is 9.53 Å². The van der Waals surface area contributed by atoms with Crippen molar-refractivity contribution in [3.8, 4) is 0 Å². The van der Waals surface area contributed by atoms with Gasteiger partial charge in [0.15, 0.2) is 0 Å². The zero-order chi connectivity index (χ0) is 13.3. The summed E-state index contributed by atoms with van der Waals surface area (Å²) in [5.74, 6) is -0.476. The van der Waals surface area contributed by atoms with Crippen molar-refractivity contribution in [1.82, 2.24) is 0 Å². The summed E-state index contributed by atoms with van der Waals surface area (Å²) in [6, 6.07) is 0. The van der Waals surface area contributed by atoms with Crippen LogP contribution in [0.3, 0.4) is 0 Å². The molecule has 0 heterocycles. The van der Waals surface area contributed by atoms with Crippen LogP contribution >= 0.6 is 11.8 Å². The summed E-state index contributed by atoms with van der Waals surface area (Å²) in [5, 5.41) is -0.464. The average Bonchev–Trinajstić information content (AvgIpc) is 2.23. The van der Waals surface area contributed by atoms with Gasteiger partial charge in [0.2, 0.25) is 0 Å². The van der Waals surface area contributed by atoms with Crippen molar-refractivity contribution in [3.63, 3.8) is 0 Å². The zero-order valence-corrected chi connectivity index (χ0v) is 11.0. The molecule has 17 heavy (non-hydrogen) atoms. The molecule has 6 heteroatoms. The van der Waals surface area contributed by atoms with Crippen LogP contribution in [0.4, 0.5) is 13.2 Å². The second kappa shape index (κ2) is 8.66. The number of hydrogen-bond acceptors (Lipinski definition) is 3. The molecule has 0 aromatic carbocycles. The third-order valence-corrected chi connectivity index (χ3v) is 3.24. The van der Waals surface area contributed by atoms with Gasteiger partial charge < -0.3 is 4.74 Å². The van der Waals surface area contributed by atoms with Crippen molar-refractivity contribution >= 4 is 17.7 Å².